The maximum absolute atomic E-state index is 5.28. The third-order valence-corrected chi connectivity index (χ3v) is 1.13. The number of nitrogens with zero attached hydrogens (tertiary/aromatic N) is 2. The minimum absolute atomic E-state index is 0.602. The van der Waals surface area contributed by atoms with Crippen LogP contribution in [0.5, 0.6) is 0 Å². The monoisotopic (exact) mass is 181 g/mol. The van der Waals surface area contributed by atoms with E-state index in [0.717, 1.165) is 5.70 Å². The Kier molecular flexibility index (Phi) is 11.6. The molecule has 0 aliphatic carbocycles. The molecular weight excluding hydrogens is 162 g/mol. The molecule has 3 heteroatoms. The Labute approximate surface area is 80.8 Å². The van der Waals surface area contributed by atoms with E-state index >= 15 is 0 Å². The van der Waals surface area contributed by atoms with Gasteiger partial charge in [0.1, 0.15) is 5.70 Å². The predicted molar refractivity (Wildman–Crippen MR) is 61.1 cm³/mol. The van der Waals surface area contributed by atoms with Gasteiger partial charge in [0.15, 0.2) is 0 Å². The quantitative estimate of drug-likeness (QED) is 0.528. The van der Waals surface area contributed by atoms with Crippen molar-refractivity contribution in [1.82, 2.24) is 0 Å². The molecule has 0 heterocycles. The van der Waals surface area contributed by atoms with Crippen LogP contribution < -0.4 is 5.73 Å². The average Bonchev–Trinajstić information content (AvgIpc) is 2.21. The average molecular weight is 181 g/mol. The normalized spacial score (nSPS) is 12.3. The molecule has 0 aromatic rings. The van der Waals surface area contributed by atoms with Gasteiger partial charge in [-0.2, -0.15) is 0 Å². The molecule has 0 amide bonds. The lowest BCUT2D eigenvalue weighted by atomic mass is 10.3. The highest BCUT2D eigenvalue weighted by Crippen LogP contribution is 2.09. The third kappa shape index (κ3) is 5.84. The molecule has 0 aliphatic rings. The zero-order valence-corrected chi connectivity index (χ0v) is 8.91. The van der Waals surface area contributed by atoms with Gasteiger partial charge < -0.3 is 5.73 Å². The fourth-order valence-electron chi connectivity index (χ4n) is 0.647. The fourth-order valence-corrected chi connectivity index (χ4v) is 0.647. The molecule has 0 atom stereocenters. The molecule has 74 valence electrons. The van der Waals surface area contributed by atoms with Crippen LogP contribution in [0, 0.1) is 0 Å². The molecule has 2 N–H and O–H groups in total. The highest BCUT2D eigenvalue weighted by atomic mass is 14.8. The van der Waals surface area contributed by atoms with Crippen molar-refractivity contribution in [2.75, 3.05) is 0 Å². The number of nitrogens with two attached hydrogens (primary N) is 1. The Hall–Kier alpha value is -1.38. The van der Waals surface area contributed by atoms with Crippen molar-refractivity contribution in [2.45, 2.75) is 27.7 Å². The molecule has 0 aromatic heterocycles. The summed E-state index contributed by atoms with van der Waals surface area (Å²) in [4.78, 5) is 7.74. The summed E-state index contributed by atoms with van der Waals surface area (Å²) in [5.41, 5.74) is 6.62. The Bertz CT molecular complexity index is 212. The summed E-state index contributed by atoms with van der Waals surface area (Å²) in [6.45, 7) is 11.1. The molecular formula is C10H19N3. The summed E-state index contributed by atoms with van der Waals surface area (Å²) in [7, 11) is 0. The molecule has 0 saturated heterocycles. The largest absolute Gasteiger partial charge is 0.403 e. The summed E-state index contributed by atoms with van der Waals surface area (Å²) in [5.74, 6) is 0. The molecule has 0 saturated carbocycles. The number of allylic oxidation sites excluding steroid dienone is 1. The number of aliphatic imine (C=N–C) groups is 2. The molecule has 0 spiro atoms. The summed E-state index contributed by atoms with van der Waals surface area (Å²) in [6.07, 6.45) is 4.90. The topological polar surface area (TPSA) is 50.7 Å². The van der Waals surface area contributed by atoms with Crippen LogP contribution in [-0.4, -0.2) is 12.9 Å². The summed E-state index contributed by atoms with van der Waals surface area (Å²) >= 11 is 0. The lowest BCUT2D eigenvalue weighted by Crippen LogP contribution is -1.88. The first-order chi connectivity index (χ1) is 6.29. The highest BCUT2D eigenvalue weighted by molar-refractivity contribution is 5.57. The van der Waals surface area contributed by atoms with Crippen molar-refractivity contribution in [3.63, 3.8) is 0 Å². The van der Waals surface area contributed by atoms with Crippen molar-refractivity contribution in [3.05, 3.63) is 23.7 Å². The van der Waals surface area contributed by atoms with Crippen molar-refractivity contribution in [1.29, 1.82) is 0 Å². The zero-order chi connectivity index (χ0) is 10.7. The van der Waals surface area contributed by atoms with Gasteiger partial charge in [0.25, 0.3) is 0 Å². The molecule has 0 aromatic carbocycles. The predicted octanol–water partition coefficient (Wildman–Crippen LogP) is 2.51. The van der Waals surface area contributed by atoms with Gasteiger partial charge in [-0.3, -0.25) is 9.98 Å². The van der Waals surface area contributed by atoms with E-state index in [4.69, 9.17) is 5.73 Å². The standard InChI is InChI=1S/C8H13N3.C2H6/c1-4-7(11-5-2)8(6-9)10-3;1-2/h4-6H,3,9H2,1-2H3;1-2H3/b7-4+,8-6+,11-5?;. The Morgan fingerprint density at radius 3 is 2.00 bits per heavy atom. The van der Waals surface area contributed by atoms with Gasteiger partial charge in [-0.05, 0) is 20.6 Å². The fraction of sp³-hybridized carbons (Fsp3) is 0.400. The summed E-state index contributed by atoms with van der Waals surface area (Å²) in [5, 5.41) is 0. The van der Waals surface area contributed by atoms with E-state index in [2.05, 4.69) is 16.7 Å². The SMILES string of the molecule is C=NC(=C/N)/C(=C\C)N=CC.CC. The van der Waals surface area contributed by atoms with Gasteiger partial charge in [-0.15, -0.1) is 0 Å². The van der Waals surface area contributed by atoms with Crippen molar-refractivity contribution >= 4 is 12.9 Å². The highest BCUT2D eigenvalue weighted by Gasteiger charge is 1.95. The van der Waals surface area contributed by atoms with Gasteiger partial charge in [-0.25, -0.2) is 0 Å². The molecule has 0 unspecified atom stereocenters. The summed E-state index contributed by atoms with van der Waals surface area (Å²) < 4.78 is 0. The van der Waals surface area contributed by atoms with E-state index in [0.29, 0.717) is 5.70 Å². The Morgan fingerprint density at radius 1 is 1.23 bits per heavy atom. The molecule has 0 fully saturated rings. The van der Waals surface area contributed by atoms with Gasteiger partial charge in [0, 0.05) is 12.4 Å². The number of rotatable bonds is 3. The van der Waals surface area contributed by atoms with Crippen LogP contribution in [0.25, 0.3) is 0 Å². The van der Waals surface area contributed by atoms with E-state index in [9.17, 15) is 0 Å². The molecule has 0 aliphatic heterocycles. The van der Waals surface area contributed by atoms with Crippen molar-refractivity contribution in [3.8, 4) is 0 Å². The van der Waals surface area contributed by atoms with Crippen LogP contribution in [0.2, 0.25) is 0 Å². The molecule has 0 bridgehead atoms. The molecule has 13 heavy (non-hydrogen) atoms. The van der Waals surface area contributed by atoms with Crippen LogP contribution in [0.3, 0.4) is 0 Å². The maximum atomic E-state index is 5.28. The maximum Gasteiger partial charge on any atom is 0.103 e. The van der Waals surface area contributed by atoms with Gasteiger partial charge in [0.05, 0.1) is 5.70 Å². The first kappa shape index (κ1) is 14.2. The second-order valence-electron chi connectivity index (χ2n) is 1.77. The van der Waals surface area contributed by atoms with Crippen LogP contribution in [0.1, 0.15) is 27.7 Å². The van der Waals surface area contributed by atoms with Crippen LogP contribution in [0.15, 0.2) is 33.7 Å². The smallest absolute Gasteiger partial charge is 0.103 e. The third-order valence-electron chi connectivity index (χ3n) is 1.13. The number of hydrogen-bond acceptors (Lipinski definition) is 3. The van der Waals surface area contributed by atoms with Crippen molar-refractivity contribution in [2.24, 2.45) is 15.7 Å². The first-order valence-electron chi connectivity index (χ1n) is 4.34. The number of hydrogen-bond donors (Lipinski definition) is 1. The van der Waals surface area contributed by atoms with E-state index in [1.807, 2.05) is 33.8 Å². The molecule has 0 rings (SSSR count). The summed E-state index contributed by atoms with van der Waals surface area (Å²) in [6, 6.07) is 0. The minimum Gasteiger partial charge on any atom is -0.403 e. The first-order valence-corrected chi connectivity index (χ1v) is 4.34. The van der Waals surface area contributed by atoms with Crippen molar-refractivity contribution < 1.29 is 0 Å². The lowest BCUT2D eigenvalue weighted by Gasteiger charge is -1.97. The van der Waals surface area contributed by atoms with E-state index in [1.165, 1.54) is 6.20 Å². The lowest BCUT2D eigenvalue weighted by molar-refractivity contribution is 1.22. The second-order valence-corrected chi connectivity index (χ2v) is 1.77. The second kappa shape index (κ2) is 10.6. The zero-order valence-electron chi connectivity index (χ0n) is 8.91. The van der Waals surface area contributed by atoms with Crippen LogP contribution in [-0.2, 0) is 0 Å². The minimum atomic E-state index is 0.602. The van der Waals surface area contributed by atoms with Crippen LogP contribution >= 0.6 is 0 Å². The van der Waals surface area contributed by atoms with Crippen LogP contribution in [0.4, 0.5) is 0 Å². The van der Waals surface area contributed by atoms with E-state index < -0.39 is 0 Å². The van der Waals surface area contributed by atoms with E-state index in [1.54, 1.807) is 6.21 Å². The Morgan fingerprint density at radius 2 is 1.77 bits per heavy atom. The van der Waals surface area contributed by atoms with Gasteiger partial charge in [0.2, 0.25) is 0 Å². The van der Waals surface area contributed by atoms with Gasteiger partial charge in [-0.1, -0.05) is 19.9 Å². The molecule has 3 nitrogen and oxygen atoms in total. The molecule has 0 radical (unpaired) electrons. The van der Waals surface area contributed by atoms with E-state index in [-0.39, 0.29) is 0 Å². The van der Waals surface area contributed by atoms with Gasteiger partial charge >= 0.3 is 0 Å². The Balaban J connectivity index is 0.